The number of nitrogens with one attached hydrogen (secondary N) is 2. The molecule has 0 fully saturated rings. The minimum absolute atomic E-state index is 0.0907. The van der Waals surface area contributed by atoms with Crippen LogP contribution in [0.2, 0.25) is 0 Å². The van der Waals surface area contributed by atoms with E-state index in [9.17, 15) is 19.1 Å². The van der Waals surface area contributed by atoms with Gasteiger partial charge in [0.05, 0.1) is 4.92 Å². The van der Waals surface area contributed by atoms with Crippen LogP contribution in [0.5, 0.6) is 0 Å². The number of benzene rings is 1. The quantitative estimate of drug-likeness (QED) is 0.605. The van der Waals surface area contributed by atoms with E-state index in [1.807, 2.05) is 0 Å². The highest BCUT2D eigenvalue weighted by atomic mass is 32.2. The molecule has 2 unspecified atom stereocenters. The molecule has 0 saturated heterocycles. The molecule has 0 bridgehead atoms. The molecule has 0 aromatic heterocycles. The fraction of sp³-hybridized carbons (Fsp3) is 0.417. The second-order valence-corrected chi connectivity index (χ2v) is 6.06. The highest BCUT2D eigenvalue weighted by molar-refractivity contribution is 7.84. The van der Waals surface area contributed by atoms with Crippen molar-refractivity contribution in [2.45, 2.75) is 12.2 Å². The van der Waals surface area contributed by atoms with Gasteiger partial charge in [-0.3, -0.25) is 19.1 Å². The summed E-state index contributed by atoms with van der Waals surface area (Å²) in [6.07, 6.45) is 1.57. The van der Waals surface area contributed by atoms with Crippen molar-refractivity contribution in [3.8, 4) is 0 Å². The first-order valence-corrected chi connectivity index (χ1v) is 7.55. The average molecular weight is 299 g/mol. The lowest BCUT2D eigenvalue weighted by atomic mass is 10.1. The van der Waals surface area contributed by atoms with Gasteiger partial charge >= 0.3 is 0 Å². The Morgan fingerprint density at radius 3 is 2.65 bits per heavy atom. The minimum atomic E-state index is -1.02. The van der Waals surface area contributed by atoms with E-state index in [0.29, 0.717) is 5.56 Å². The van der Waals surface area contributed by atoms with E-state index in [2.05, 4.69) is 10.6 Å². The second kappa shape index (κ2) is 6.99. The lowest BCUT2D eigenvalue weighted by molar-refractivity contribution is -0.383. The van der Waals surface area contributed by atoms with E-state index < -0.39 is 15.7 Å². The zero-order valence-corrected chi connectivity index (χ0v) is 12.3. The van der Waals surface area contributed by atoms with Crippen molar-refractivity contribution in [3.63, 3.8) is 0 Å². The summed E-state index contributed by atoms with van der Waals surface area (Å²) in [5.74, 6) is -0.353. The third-order valence-corrected chi connectivity index (χ3v) is 4.14. The number of hydrogen-bond donors (Lipinski definition) is 2. The Balaban J connectivity index is 2.84. The summed E-state index contributed by atoms with van der Waals surface area (Å²) in [6.45, 7) is 2.05. The molecule has 0 aliphatic heterocycles. The molecule has 1 rings (SSSR count). The molecular weight excluding hydrogens is 282 g/mol. The molecule has 0 heterocycles. The summed E-state index contributed by atoms with van der Waals surface area (Å²) in [4.78, 5) is 22.2. The third-order valence-electron chi connectivity index (χ3n) is 2.84. The predicted octanol–water partition coefficient (Wildman–Crippen LogP) is 1.13. The molecular formula is C12H17N3O4S. The Hall–Kier alpha value is -1.96. The largest absolute Gasteiger partial charge is 0.383 e. The summed E-state index contributed by atoms with van der Waals surface area (Å²) in [5.41, 5.74) is 0.496. The molecule has 8 heteroatoms. The Morgan fingerprint density at radius 1 is 1.50 bits per heavy atom. The van der Waals surface area contributed by atoms with Gasteiger partial charge < -0.3 is 10.6 Å². The Kier molecular flexibility index (Phi) is 5.63. The highest BCUT2D eigenvalue weighted by Gasteiger charge is 2.16. The van der Waals surface area contributed by atoms with E-state index >= 15 is 0 Å². The van der Waals surface area contributed by atoms with Crippen molar-refractivity contribution in [1.82, 2.24) is 5.32 Å². The maximum atomic E-state index is 11.9. The van der Waals surface area contributed by atoms with E-state index in [-0.39, 0.29) is 29.1 Å². The van der Waals surface area contributed by atoms with Crippen LogP contribution in [-0.2, 0) is 10.8 Å². The molecule has 1 aromatic rings. The van der Waals surface area contributed by atoms with Crippen LogP contribution in [0.1, 0.15) is 17.3 Å². The molecule has 2 N–H and O–H groups in total. The second-order valence-electron chi connectivity index (χ2n) is 4.26. The first-order valence-electron chi connectivity index (χ1n) is 5.93. The number of carbonyl (C=O) groups is 1. The van der Waals surface area contributed by atoms with Gasteiger partial charge in [0.2, 0.25) is 0 Å². The monoisotopic (exact) mass is 299 g/mol. The summed E-state index contributed by atoms with van der Waals surface area (Å²) in [6, 6.07) is 4.09. The molecule has 0 spiro atoms. The minimum Gasteiger partial charge on any atom is -0.383 e. The summed E-state index contributed by atoms with van der Waals surface area (Å²) >= 11 is 0. The van der Waals surface area contributed by atoms with E-state index in [1.54, 1.807) is 20.2 Å². The van der Waals surface area contributed by atoms with Crippen molar-refractivity contribution in [2.75, 3.05) is 25.2 Å². The van der Waals surface area contributed by atoms with Crippen LogP contribution in [0.15, 0.2) is 18.2 Å². The van der Waals surface area contributed by atoms with E-state index in [1.165, 1.54) is 18.2 Å². The number of amides is 1. The summed E-state index contributed by atoms with van der Waals surface area (Å²) in [7, 11) is 0.533. The van der Waals surface area contributed by atoms with Gasteiger partial charge in [-0.05, 0) is 19.1 Å². The predicted molar refractivity (Wildman–Crippen MR) is 78.5 cm³/mol. The number of rotatable bonds is 6. The zero-order valence-electron chi connectivity index (χ0n) is 11.5. The summed E-state index contributed by atoms with van der Waals surface area (Å²) < 4.78 is 11.2. The molecule has 0 radical (unpaired) electrons. The normalized spacial score (nSPS) is 13.3. The van der Waals surface area contributed by atoms with Crippen LogP contribution in [0, 0.1) is 10.1 Å². The molecule has 7 nitrogen and oxygen atoms in total. The van der Waals surface area contributed by atoms with Crippen molar-refractivity contribution < 1.29 is 13.9 Å². The van der Waals surface area contributed by atoms with Gasteiger partial charge in [-0.25, -0.2) is 0 Å². The van der Waals surface area contributed by atoms with Crippen LogP contribution >= 0.6 is 0 Å². The van der Waals surface area contributed by atoms with Crippen LogP contribution in [0.25, 0.3) is 0 Å². The van der Waals surface area contributed by atoms with E-state index in [0.717, 1.165) is 0 Å². The van der Waals surface area contributed by atoms with Crippen molar-refractivity contribution in [2.24, 2.45) is 0 Å². The van der Waals surface area contributed by atoms with Crippen molar-refractivity contribution in [1.29, 1.82) is 0 Å². The molecule has 1 aromatic carbocycles. The maximum Gasteiger partial charge on any atom is 0.292 e. The average Bonchev–Trinajstić information content (AvgIpc) is 2.43. The Morgan fingerprint density at radius 2 is 2.15 bits per heavy atom. The highest BCUT2D eigenvalue weighted by Crippen LogP contribution is 2.24. The number of nitro benzene ring substituents is 1. The summed E-state index contributed by atoms with van der Waals surface area (Å²) in [5, 5.41) is 16.0. The van der Waals surface area contributed by atoms with Crippen molar-refractivity contribution >= 4 is 28.1 Å². The SMILES string of the molecule is CNc1cc(C(=O)NCC(C)S(C)=O)ccc1[N+](=O)[O-]. The Bertz CT molecular complexity index is 548. The maximum absolute atomic E-state index is 11.9. The molecule has 1 amide bonds. The van der Waals surface area contributed by atoms with Gasteiger partial charge in [0.1, 0.15) is 5.69 Å². The number of nitrogens with zero attached hydrogens (tertiary/aromatic N) is 1. The first kappa shape index (κ1) is 16.1. The zero-order chi connectivity index (χ0) is 15.3. The van der Waals surface area contributed by atoms with Crippen LogP contribution in [0.4, 0.5) is 11.4 Å². The third kappa shape index (κ3) is 4.02. The number of anilines is 1. The molecule has 20 heavy (non-hydrogen) atoms. The topological polar surface area (TPSA) is 101 Å². The van der Waals surface area contributed by atoms with Crippen LogP contribution in [0.3, 0.4) is 0 Å². The fourth-order valence-electron chi connectivity index (χ4n) is 1.49. The lowest BCUT2D eigenvalue weighted by Crippen LogP contribution is -2.32. The van der Waals surface area contributed by atoms with Gasteiger partial charge in [-0.1, -0.05) is 0 Å². The molecule has 0 aliphatic rings. The first-order chi connectivity index (χ1) is 9.36. The van der Waals surface area contributed by atoms with E-state index in [4.69, 9.17) is 0 Å². The van der Waals surface area contributed by atoms with Crippen LogP contribution < -0.4 is 10.6 Å². The molecule has 2 atom stereocenters. The van der Waals surface area contributed by atoms with Gasteiger partial charge in [0.25, 0.3) is 11.6 Å². The standard InChI is InChI=1S/C12H17N3O4S/c1-8(20(3)19)7-14-12(16)9-4-5-11(15(17)18)10(6-9)13-2/h4-6,8,13H,7H2,1-3H3,(H,14,16). The Labute approximate surface area is 119 Å². The van der Waals surface area contributed by atoms with Gasteiger partial charge in [-0.2, -0.15) is 0 Å². The van der Waals surface area contributed by atoms with Crippen molar-refractivity contribution in [3.05, 3.63) is 33.9 Å². The lowest BCUT2D eigenvalue weighted by Gasteiger charge is -2.10. The van der Waals surface area contributed by atoms with Gasteiger partial charge in [0.15, 0.2) is 0 Å². The molecule has 0 saturated carbocycles. The molecule has 110 valence electrons. The number of carbonyl (C=O) groups excluding carboxylic acids is 1. The van der Waals surface area contributed by atoms with Crippen LogP contribution in [-0.4, -0.2) is 40.1 Å². The number of nitro groups is 1. The van der Waals surface area contributed by atoms with Gasteiger partial charge in [0, 0.05) is 47.5 Å². The van der Waals surface area contributed by atoms with Gasteiger partial charge in [-0.15, -0.1) is 0 Å². The fourth-order valence-corrected chi connectivity index (χ4v) is 1.81. The number of hydrogen-bond acceptors (Lipinski definition) is 5. The smallest absolute Gasteiger partial charge is 0.292 e. The molecule has 0 aliphatic carbocycles.